The molecule has 1 fully saturated rings. The molecule has 0 bridgehead atoms. The fraction of sp³-hybridized carbons (Fsp3) is 0.600. The maximum Gasteiger partial charge on any atom is 0.123 e. The van der Waals surface area contributed by atoms with E-state index in [-0.39, 0.29) is 5.82 Å². The summed E-state index contributed by atoms with van der Waals surface area (Å²) in [7, 11) is 0. The van der Waals surface area contributed by atoms with Crippen molar-refractivity contribution in [2.24, 2.45) is 5.92 Å². The quantitative estimate of drug-likeness (QED) is 0.747. The molecular weight excluding hydrogens is 215 g/mol. The first kappa shape index (κ1) is 12.4. The van der Waals surface area contributed by atoms with Gasteiger partial charge in [-0.25, -0.2) is 4.39 Å². The highest BCUT2D eigenvalue weighted by atomic mass is 19.1. The van der Waals surface area contributed by atoms with Gasteiger partial charge in [0.1, 0.15) is 11.6 Å². The molecule has 0 atom stereocenters. The Morgan fingerprint density at radius 1 is 1.29 bits per heavy atom. The summed E-state index contributed by atoms with van der Waals surface area (Å²) in [6.45, 7) is 4.92. The van der Waals surface area contributed by atoms with Crippen LogP contribution in [0.3, 0.4) is 0 Å². The Hall–Kier alpha value is -1.05. The summed E-state index contributed by atoms with van der Waals surface area (Å²) in [6, 6.07) is 4.84. The molecule has 0 aliphatic heterocycles. The van der Waals surface area contributed by atoms with E-state index in [0.717, 1.165) is 17.9 Å². The first-order valence-electron chi connectivity index (χ1n) is 6.59. The average Bonchev–Trinajstić information content (AvgIpc) is 2.80. The Balaban J connectivity index is 2.03. The smallest absolute Gasteiger partial charge is 0.123 e. The second kappa shape index (κ2) is 5.52. The van der Waals surface area contributed by atoms with Gasteiger partial charge in [-0.05, 0) is 48.4 Å². The van der Waals surface area contributed by atoms with Crippen LogP contribution in [0.15, 0.2) is 18.2 Å². The summed E-state index contributed by atoms with van der Waals surface area (Å²) in [5, 5.41) is 0. The van der Waals surface area contributed by atoms with E-state index in [1.165, 1.54) is 31.7 Å². The van der Waals surface area contributed by atoms with E-state index >= 15 is 0 Å². The zero-order valence-corrected chi connectivity index (χ0v) is 10.7. The lowest BCUT2D eigenvalue weighted by atomic mass is 10.0. The topological polar surface area (TPSA) is 9.23 Å². The summed E-state index contributed by atoms with van der Waals surface area (Å²) in [4.78, 5) is 0. The van der Waals surface area contributed by atoms with Gasteiger partial charge in [-0.3, -0.25) is 0 Å². The van der Waals surface area contributed by atoms with Crippen LogP contribution in [-0.2, 0) is 0 Å². The van der Waals surface area contributed by atoms with Gasteiger partial charge in [0.05, 0.1) is 6.61 Å². The zero-order valence-electron chi connectivity index (χ0n) is 10.7. The fourth-order valence-electron chi connectivity index (χ4n) is 2.49. The first-order valence-corrected chi connectivity index (χ1v) is 6.59. The minimum atomic E-state index is -0.179. The van der Waals surface area contributed by atoms with Crippen LogP contribution in [0.25, 0.3) is 0 Å². The number of benzene rings is 1. The van der Waals surface area contributed by atoms with Gasteiger partial charge in [0.15, 0.2) is 0 Å². The van der Waals surface area contributed by atoms with Crippen LogP contribution in [0, 0.1) is 11.7 Å². The van der Waals surface area contributed by atoms with Crippen LogP contribution in [0.5, 0.6) is 5.75 Å². The van der Waals surface area contributed by atoms with Crippen molar-refractivity contribution in [3.63, 3.8) is 0 Å². The molecule has 2 heteroatoms. The van der Waals surface area contributed by atoms with Gasteiger partial charge < -0.3 is 4.74 Å². The van der Waals surface area contributed by atoms with Gasteiger partial charge in [0, 0.05) is 0 Å². The van der Waals surface area contributed by atoms with Crippen molar-refractivity contribution in [2.75, 3.05) is 6.61 Å². The molecule has 0 aromatic heterocycles. The van der Waals surface area contributed by atoms with Crippen LogP contribution in [0.2, 0.25) is 0 Å². The molecule has 17 heavy (non-hydrogen) atoms. The lowest BCUT2D eigenvalue weighted by molar-refractivity contribution is 0.249. The van der Waals surface area contributed by atoms with E-state index in [1.54, 1.807) is 12.1 Å². The van der Waals surface area contributed by atoms with Crippen molar-refractivity contribution in [3.8, 4) is 5.75 Å². The van der Waals surface area contributed by atoms with E-state index in [1.807, 2.05) is 0 Å². The Labute approximate surface area is 103 Å². The highest BCUT2D eigenvalue weighted by Crippen LogP contribution is 2.30. The van der Waals surface area contributed by atoms with E-state index in [0.29, 0.717) is 11.8 Å². The monoisotopic (exact) mass is 236 g/mol. The first-order chi connectivity index (χ1) is 8.16. The number of rotatable bonds is 4. The molecule has 0 radical (unpaired) electrons. The van der Waals surface area contributed by atoms with E-state index in [4.69, 9.17) is 4.74 Å². The summed E-state index contributed by atoms with van der Waals surface area (Å²) >= 11 is 0. The number of halogens is 1. The predicted octanol–water partition coefficient (Wildman–Crippen LogP) is 4.52. The van der Waals surface area contributed by atoms with Crippen molar-refractivity contribution >= 4 is 0 Å². The maximum absolute atomic E-state index is 13.2. The second-order valence-electron chi connectivity index (χ2n) is 5.30. The molecule has 1 aliphatic carbocycles. The highest BCUT2D eigenvalue weighted by Gasteiger charge is 2.17. The SMILES string of the molecule is CC(C)c1cc(F)ccc1OCC1CCCC1. The van der Waals surface area contributed by atoms with Crippen LogP contribution in [-0.4, -0.2) is 6.61 Å². The molecule has 1 nitrogen and oxygen atoms in total. The summed E-state index contributed by atoms with van der Waals surface area (Å²) in [5.74, 6) is 1.67. The highest BCUT2D eigenvalue weighted by molar-refractivity contribution is 5.36. The minimum Gasteiger partial charge on any atom is -0.493 e. The molecule has 2 rings (SSSR count). The summed E-state index contributed by atoms with van der Waals surface area (Å²) in [5.41, 5.74) is 0.975. The van der Waals surface area contributed by atoms with Crippen molar-refractivity contribution in [2.45, 2.75) is 45.4 Å². The minimum absolute atomic E-state index is 0.179. The molecule has 0 spiro atoms. The molecular formula is C15H21FO. The summed E-state index contributed by atoms with van der Waals surface area (Å²) in [6.07, 6.45) is 5.21. The lowest BCUT2D eigenvalue weighted by Gasteiger charge is -2.16. The van der Waals surface area contributed by atoms with Crippen LogP contribution < -0.4 is 4.74 Å². The third-order valence-corrected chi connectivity index (χ3v) is 3.54. The molecule has 94 valence electrons. The van der Waals surface area contributed by atoms with Gasteiger partial charge in [-0.2, -0.15) is 0 Å². The Bertz CT molecular complexity index is 367. The fourth-order valence-corrected chi connectivity index (χ4v) is 2.49. The number of ether oxygens (including phenoxy) is 1. The molecule has 1 saturated carbocycles. The molecule has 0 saturated heterocycles. The summed E-state index contributed by atoms with van der Waals surface area (Å²) < 4.78 is 19.1. The normalized spacial score (nSPS) is 16.7. The molecule has 0 unspecified atom stereocenters. The van der Waals surface area contributed by atoms with Crippen molar-refractivity contribution in [1.82, 2.24) is 0 Å². The van der Waals surface area contributed by atoms with Crippen LogP contribution >= 0.6 is 0 Å². The average molecular weight is 236 g/mol. The molecule has 0 amide bonds. The Kier molecular flexibility index (Phi) is 4.03. The van der Waals surface area contributed by atoms with Crippen LogP contribution in [0.4, 0.5) is 4.39 Å². The third kappa shape index (κ3) is 3.21. The van der Waals surface area contributed by atoms with E-state index < -0.39 is 0 Å². The van der Waals surface area contributed by atoms with Gasteiger partial charge >= 0.3 is 0 Å². The lowest BCUT2D eigenvalue weighted by Crippen LogP contribution is -2.09. The molecule has 1 aliphatic rings. The Morgan fingerprint density at radius 3 is 2.65 bits per heavy atom. The van der Waals surface area contributed by atoms with Crippen LogP contribution in [0.1, 0.15) is 51.0 Å². The maximum atomic E-state index is 13.2. The van der Waals surface area contributed by atoms with Gasteiger partial charge in [0.2, 0.25) is 0 Å². The predicted molar refractivity (Wildman–Crippen MR) is 67.9 cm³/mol. The third-order valence-electron chi connectivity index (χ3n) is 3.54. The second-order valence-corrected chi connectivity index (χ2v) is 5.30. The van der Waals surface area contributed by atoms with E-state index in [9.17, 15) is 4.39 Å². The zero-order chi connectivity index (χ0) is 12.3. The number of hydrogen-bond acceptors (Lipinski definition) is 1. The van der Waals surface area contributed by atoms with Gasteiger partial charge in [-0.15, -0.1) is 0 Å². The molecule has 0 heterocycles. The molecule has 0 N–H and O–H groups in total. The van der Waals surface area contributed by atoms with Crippen molar-refractivity contribution in [3.05, 3.63) is 29.6 Å². The van der Waals surface area contributed by atoms with E-state index in [2.05, 4.69) is 13.8 Å². The van der Waals surface area contributed by atoms with Gasteiger partial charge in [-0.1, -0.05) is 26.7 Å². The molecule has 1 aromatic rings. The van der Waals surface area contributed by atoms with Gasteiger partial charge in [0.25, 0.3) is 0 Å². The molecule has 1 aromatic carbocycles. The van der Waals surface area contributed by atoms with Crippen molar-refractivity contribution < 1.29 is 9.13 Å². The number of hydrogen-bond donors (Lipinski definition) is 0. The standard InChI is InChI=1S/C15H21FO/c1-11(2)14-9-13(16)7-8-15(14)17-10-12-5-3-4-6-12/h7-9,11-12H,3-6,10H2,1-2H3. The van der Waals surface area contributed by atoms with Crippen molar-refractivity contribution in [1.29, 1.82) is 0 Å². The Morgan fingerprint density at radius 2 is 2.00 bits per heavy atom. The largest absolute Gasteiger partial charge is 0.493 e.